The summed E-state index contributed by atoms with van der Waals surface area (Å²) in [4.78, 5) is 13.9. The smallest absolute Gasteiger partial charge is 0.319 e. The number of phenols is 1. The van der Waals surface area contributed by atoms with Crippen LogP contribution in [0.25, 0.3) is 32.8 Å². The summed E-state index contributed by atoms with van der Waals surface area (Å²) in [5, 5.41) is 11.9. The molecular weight excluding hydrogens is 566 g/mol. The molecular formula is C34H34F2N4O4. The summed E-state index contributed by atoms with van der Waals surface area (Å²) in [6, 6.07) is 9.14. The lowest BCUT2D eigenvalue weighted by Gasteiger charge is -2.30. The number of terminal acetylenes is 1. The first-order valence-corrected chi connectivity index (χ1v) is 15.1. The van der Waals surface area contributed by atoms with E-state index in [4.69, 9.17) is 25.6 Å². The van der Waals surface area contributed by atoms with Gasteiger partial charge in [-0.3, -0.25) is 4.90 Å². The van der Waals surface area contributed by atoms with Crippen molar-refractivity contribution in [2.75, 3.05) is 70.7 Å². The van der Waals surface area contributed by atoms with Crippen molar-refractivity contribution in [3.05, 3.63) is 53.6 Å². The summed E-state index contributed by atoms with van der Waals surface area (Å²) in [5.41, 5.74) is 0.522. The van der Waals surface area contributed by atoms with Crippen LogP contribution in [0.2, 0.25) is 0 Å². The van der Waals surface area contributed by atoms with Gasteiger partial charge in [-0.15, -0.1) is 6.42 Å². The first-order chi connectivity index (χ1) is 21.4. The standard InChI is InChI=1S/C34H34F2N4O4/c1-2-24-28(35)7-4-22-18-23(41)19-27(29(22)24)25-5-6-26-31(30(25)36)37-33(38-32(26)40-10-3-14-42-17-13-40)44-21-34(8-9-34)20-39-11-15-43-16-12-39/h1,4-7,18-19,41H,3,8-17,20-21H2. The zero-order valence-electron chi connectivity index (χ0n) is 24.5. The molecule has 8 nitrogen and oxygen atoms in total. The quantitative estimate of drug-likeness (QED) is 0.293. The van der Waals surface area contributed by atoms with Crippen molar-refractivity contribution in [3.63, 3.8) is 0 Å². The molecule has 0 bridgehead atoms. The second-order valence-electron chi connectivity index (χ2n) is 11.9. The maximum atomic E-state index is 16.7. The van der Waals surface area contributed by atoms with Crippen molar-refractivity contribution in [1.29, 1.82) is 0 Å². The molecule has 3 aliphatic rings. The van der Waals surface area contributed by atoms with Gasteiger partial charge in [-0.2, -0.15) is 9.97 Å². The number of anilines is 1. The highest BCUT2D eigenvalue weighted by atomic mass is 19.1. The molecule has 1 aromatic heterocycles. The molecule has 0 atom stereocenters. The van der Waals surface area contributed by atoms with E-state index in [1.165, 1.54) is 24.3 Å². The fourth-order valence-electron chi connectivity index (χ4n) is 6.35. The second kappa shape index (κ2) is 11.8. The largest absolute Gasteiger partial charge is 0.508 e. The van der Waals surface area contributed by atoms with E-state index in [0.717, 1.165) is 52.1 Å². The van der Waals surface area contributed by atoms with E-state index in [2.05, 4.69) is 20.7 Å². The molecule has 10 heteroatoms. The molecule has 2 aliphatic heterocycles. The number of hydrogen-bond donors (Lipinski definition) is 1. The Hall–Kier alpha value is -4.04. The Morgan fingerprint density at radius 1 is 0.955 bits per heavy atom. The number of nitrogens with zero attached hydrogens (tertiary/aromatic N) is 4. The van der Waals surface area contributed by atoms with E-state index in [1.807, 2.05) is 0 Å². The van der Waals surface area contributed by atoms with Crippen molar-refractivity contribution in [3.8, 4) is 35.2 Å². The lowest BCUT2D eigenvalue weighted by atomic mass is 9.93. The number of aromatic hydroxyl groups is 1. The van der Waals surface area contributed by atoms with Crippen molar-refractivity contribution in [2.24, 2.45) is 5.41 Å². The molecule has 1 N–H and O–H groups in total. The minimum atomic E-state index is -0.629. The minimum Gasteiger partial charge on any atom is -0.508 e. The fraction of sp³-hybridized carbons (Fsp3) is 0.412. The van der Waals surface area contributed by atoms with Crippen LogP contribution in [-0.2, 0) is 9.47 Å². The van der Waals surface area contributed by atoms with E-state index < -0.39 is 11.6 Å². The monoisotopic (exact) mass is 600 g/mol. The van der Waals surface area contributed by atoms with Gasteiger partial charge in [-0.1, -0.05) is 18.1 Å². The van der Waals surface area contributed by atoms with Gasteiger partial charge in [0.2, 0.25) is 0 Å². The van der Waals surface area contributed by atoms with Crippen LogP contribution in [0.15, 0.2) is 36.4 Å². The molecule has 44 heavy (non-hydrogen) atoms. The predicted octanol–water partition coefficient (Wildman–Crippen LogP) is 5.13. The van der Waals surface area contributed by atoms with Gasteiger partial charge in [0.25, 0.3) is 0 Å². The first-order valence-electron chi connectivity index (χ1n) is 15.1. The average molecular weight is 601 g/mol. The van der Waals surface area contributed by atoms with Crippen molar-refractivity contribution >= 4 is 27.5 Å². The maximum Gasteiger partial charge on any atom is 0.319 e. The molecule has 4 aromatic rings. The van der Waals surface area contributed by atoms with Gasteiger partial charge in [0.15, 0.2) is 5.82 Å². The molecule has 7 rings (SSSR count). The zero-order chi connectivity index (χ0) is 30.3. The summed E-state index contributed by atoms with van der Waals surface area (Å²) in [6.07, 6.45) is 8.59. The van der Waals surface area contributed by atoms with Gasteiger partial charge in [0, 0.05) is 61.1 Å². The molecule has 2 saturated heterocycles. The molecule has 0 amide bonds. The number of fused-ring (bicyclic) bond motifs is 2. The van der Waals surface area contributed by atoms with Crippen LogP contribution < -0.4 is 9.64 Å². The Labute approximate surface area is 254 Å². The average Bonchev–Trinajstić information content (AvgIpc) is 3.84. The van der Waals surface area contributed by atoms with Crippen LogP contribution in [-0.4, -0.2) is 85.7 Å². The number of aromatic nitrogens is 2. The van der Waals surface area contributed by atoms with Gasteiger partial charge < -0.3 is 24.2 Å². The van der Waals surface area contributed by atoms with Crippen LogP contribution in [0.5, 0.6) is 11.8 Å². The highest BCUT2D eigenvalue weighted by Crippen LogP contribution is 2.47. The molecule has 0 spiro atoms. The second-order valence-corrected chi connectivity index (χ2v) is 11.9. The number of ether oxygens (including phenoxy) is 3. The zero-order valence-corrected chi connectivity index (χ0v) is 24.5. The topological polar surface area (TPSA) is 80.2 Å². The summed E-state index contributed by atoms with van der Waals surface area (Å²) in [7, 11) is 0. The molecule has 0 radical (unpaired) electrons. The third-order valence-corrected chi connectivity index (χ3v) is 8.90. The molecule has 0 unspecified atom stereocenters. The van der Waals surface area contributed by atoms with E-state index in [-0.39, 0.29) is 39.4 Å². The summed E-state index contributed by atoms with van der Waals surface area (Å²) < 4.78 is 48.9. The Kier molecular flexibility index (Phi) is 7.70. The molecule has 3 heterocycles. The Morgan fingerprint density at radius 2 is 1.75 bits per heavy atom. The fourth-order valence-corrected chi connectivity index (χ4v) is 6.35. The van der Waals surface area contributed by atoms with Crippen LogP contribution in [0.1, 0.15) is 24.8 Å². The summed E-state index contributed by atoms with van der Waals surface area (Å²) >= 11 is 0. The predicted molar refractivity (Wildman–Crippen MR) is 164 cm³/mol. The number of halogens is 2. The lowest BCUT2D eigenvalue weighted by molar-refractivity contribution is 0.0231. The molecule has 1 aliphatic carbocycles. The van der Waals surface area contributed by atoms with E-state index in [9.17, 15) is 9.50 Å². The number of hydrogen-bond acceptors (Lipinski definition) is 8. The maximum absolute atomic E-state index is 16.7. The normalized spacial score (nSPS) is 18.7. The number of phenolic OH excluding ortho intramolecular Hbond substituents is 1. The Bertz CT molecular complexity index is 1760. The van der Waals surface area contributed by atoms with Crippen LogP contribution in [0.3, 0.4) is 0 Å². The highest BCUT2D eigenvalue weighted by Gasteiger charge is 2.45. The van der Waals surface area contributed by atoms with Crippen LogP contribution >= 0.6 is 0 Å². The van der Waals surface area contributed by atoms with Gasteiger partial charge in [-0.05, 0) is 54.5 Å². The highest BCUT2D eigenvalue weighted by molar-refractivity contribution is 6.04. The third kappa shape index (κ3) is 5.52. The van der Waals surface area contributed by atoms with E-state index >= 15 is 4.39 Å². The van der Waals surface area contributed by atoms with Gasteiger partial charge >= 0.3 is 6.01 Å². The lowest BCUT2D eigenvalue weighted by Crippen LogP contribution is -2.41. The summed E-state index contributed by atoms with van der Waals surface area (Å²) in [6.45, 7) is 7.08. The van der Waals surface area contributed by atoms with E-state index in [0.29, 0.717) is 54.9 Å². The van der Waals surface area contributed by atoms with Crippen molar-refractivity contribution in [2.45, 2.75) is 19.3 Å². The number of benzene rings is 3. The van der Waals surface area contributed by atoms with Gasteiger partial charge in [0.05, 0.1) is 32.0 Å². The van der Waals surface area contributed by atoms with Crippen LogP contribution in [0.4, 0.5) is 14.6 Å². The molecule has 3 aromatic carbocycles. The van der Waals surface area contributed by atoms with Crippen LogP contribution in [0, 0.1) is 29.4 Å². The molecule has 3 fully saturated rings. The molecule has 228 valence electrons. The first kappa shape index (κ1) is 28.7. The van der Waals surface area contributed by atoms with E-state index in [1.54, 1.807) is 12.1 Å². The van der Waals surface area contributed by atoms with Crippen molar-refractivity contribution < 1.29 is 28.1 Å². The van der Waals surface area contributed by atoms with Gasteiger partial charge in [0.1, 0.15) is 22.9 Å². The van der Waals surface area contributed by atoms with Gasteiger partial charge in [-0.25, -0.2) is 8.78 Å². The SMILES string of the molecule is C#Cc1c(F)ccc2cc(O)cc(-c3ccc4c(N5CCCOCC5)nc(OCC5(CN6CCOCC6)CC5)nc4c3F)c12. The van der Waals surface area contributed by atoms with Crippen molar-refractivity contribution in [1.82, 2.24) is 14.9 Å². The number of morpholine rings is 1. The Balaban J connectivity index is 1.32. The third-order valence-electron chi connectivity index (χ3n) is 8.90. The summed E-state index contributed by atoms with van der Waals surface area (Å²) in [5.74, 6) is 1.67. The minimum absolute atomic E-state index is 0.00367. The molecule has 1 saturated carbocycles. The number of rotatable bonds is 7. The Morgan fingerprint density at radius 3 is 2.55 bits per heavy atom.